The molecule has 1 aliphatic rings. The van der Waals surface area contributed by atoms with Crippen LogP contribution in [0.5, 0.6) is 0 Å². The lowest BCUT2D eigenvalue weighted by molar-refractivity contribution is 0.0654. The zero-order valence-electron chi connectivity index (χ0n) is 13.8. The fraction of sp³-hybridized carbons (Fsp3) is 0.0952. The Morgan fingerprint density at radius 3 is 2.35 bits per heavy atom. The van der Waals surface area contributed by atoms with Crippen molar-refractivity contribution in [3.05, 3.63) is 77.7 Å². The number of hydrogen-bond acceptors (Lipinski definition) is 4. The topological polar surface area (TPSA) is 63.4 Å². The summed E-state index contributed by atoms with van der Waals surface area (Å²) in [5.74, 6) is 0.248. The van der Waals surface area contributed by atoms with Crippen molar-refractivity contribution in [3.8, 4) is 0 Å². The fourth-order valence-corrected chi connectivity index (χ4v) is 3.49. The molecule has 26 heavy (non-hydrogen) atoms. The second kappa shape index (κ2) is 5.52. The molecule has 0 unspecified atom stereocenters. The molecule has 4 aromatic rings. The molecule has 2 aromatic carbocycles. The maximum absolute atomic E-state index is 12.4. The first-order valence-corrected chi connectivity index (χ1v) is 8.44. The highest BCUT2D eigenvalue weighted by atomic mass is 16.3. The van der Waals surface area contributed by atoms with Crippen molar-refractivity contribution in [1.29, 1.82) is 0 Å². The molecule has 5 heteroatoms. The standard InChI is InChI=1S/C21H14N2O3/c24-20-15-6-1-2-7-16(15)21(25)23(20)10-9-13-11-17-14-5-3-4-8-18(14)22-12-19(17)26-13/h1-8,11-12H,9-10H2. The van der Waals surface area contributed by atoms with Crippen LogP contribution in [-0.4, -0.2) is 28.2 Å². The molecule has 0 N–H and O–H groups in total. The van der Waals surface area contributed by atoms with E-state index in [0.717, 1.165) is 22.0 Å². The number of pyridine rings is 1. The van der Waals surface area contributed by atoms with Crippen molar-refractivity contribution < 1.29 is 14.0 Å². The lowest BCUT2D eigenvalue weighted by atomic mass is 10.1. The third-order valence-electron chi connectivity index (χ3n) is 4.79. The first-order chi connectivity index (χ1) is 12.7. The fourth-order valence-electron chi connectivity index (χ4n) is 3.49. The van der Waals surface area contributed by atoms with Gasteiger partial charge in [-0.2, -0.15) is 0 Å². The number of fused-ring (bicyclic) bond motifs is 4. The number of hydrogen-bond donors (Lipinski definition) is 0. The molecule has 5 nitrogen and oxygen atoms in total. The van der Waals surface area contributed by atoms with Crippen molar-refractivity contribution in [3.63, 3.8) is 0 Å². The average molecular weight is 342 g/mol. The predicted molar refractivity (Wildman–Crippen MR) is 97.0 cm³/mol. The molecular weight excluding hydrogens is 328 g/mol. The molecule has 0 atom stereocenters. The van der Waals surface area contributed by atoms with Crippen molar-refractivity contribution >= 4 is 33.7 Å². The van der Waals surface area contributed by atoms with Crippen LogP contribution in [0.1, 0.15) is 26.5 Å². The molecule has 0 saturated heterocycles. The van der Waals surface area contributed by atoms with Gasteiger partial charge in [0.1, 0.15) is 5.76 Å². The van der Waals surface area contributed by atoms with Crippen molar-refractivity contribution in [2.24, 2.45) is 0 Å². The van der Waals surface area contributed by atoms with Crippen LogP contribution >= 0.6 is 0 Å². The van der Waals surface area contributed by atoms with Gasteiger partial charge in [0.05, 0.1) is 22.8 Å². The molecular formula is C21H14N2O3. The van der Waals surface area contributed by atoms with Crippen LogP contribution in [0, 0.1) is 0 Å². The quantitative estimate of drug-likeness (QED) is 0.531. The summed E-state index contributed by atoms with van der Waals surface area (Å²) in [6.45, 7) is 0.289. The maximum Gasteiger partial charge on any atom is 0.261 e. The summed E-state index contributed by atoms with van der Waals surface area (Å²) < 4.78 is 5.87. The third kappa shape index (κ3) is 2.14. The first kappa shape index (κ1) is 14.8. The summed E-state index contributed by atoms with van der Waals surface area (Å²) >= 11 is 0. The van der Waals surface area contributed by atoms with Crippen LogP contribution in [0.15, 0.2) is 65.2 Å². The van der Waals surface area contributed by atoms with Crippen LogP contribution in [-0.2, 0) is 6.42 Å². The van der Waals surface area contributed by atoms with Gasteiger partial charge in [-0.15, -0.1) is 0 Å². The number of rotatable bonds is 3. The van der Waals surface area contributed by atoms with E-state index in [9.17, 15) is 9.59 Å². The second-order valence-electron chi connectivity index (χ2n) is 6.32. The minimum absolute atomic E-state index is 0.242. The molecule has 126 valence electrons. The summed E-state index contributed by atoms with van der Waals surface area (Å²) in [6, 6.07) is 16.8. The smallest absolute Gasteiger partial charge is 0.261 e. The molecule has 5 rings (SSSR count). The molecule has 0 spiro atoms. The van der Waals surface area contributed by atoms with Gasteiger partial charge in [-0.3, -0.25) is 19.5 Å². The van der Waals surface area contributed by atoms with Gasteiger partial charge in [0.25, 0.3) is 11.8 Å². The summed E-state index contributed by atoms with van der Waals surface area (Å²) in [5, 5.41) is 2.02. The van der Waals surface area contributed by atoms with Gasteiger partial charge in [-0.25, -0.2) is 0 Å². The minimum atomic E-state index is -0.242. The number of carbonyl (C=O) groups is 2. The number of amides is 2. The van der Waals surface area contributed by atoms with Gasteiger partial charge >= 0.3 is 0 Å². The maximum atomic E-state index is 12.4. The van der Waals surface area contributed by atoms with Crippen LogP contribution in [0.2, 0.25) is 0 Å². The highest BCUT2D eigenvalue weighted by molar-refractivity contribution is 6.21. The van der Waals surface area contributed by atoms with E-state index in [1.165, 1.54) is 4.90 Å². The molecule has 0 bridgehead atoms. The van der Waals surface area contributed by atoms with E-state index in [0.29, 0.717) is 23.1 Å². The highest BCUT2D eigenvalue weighted by Crippen LogP contribution is 2.28. The monoisotopic (exact) mass is 342 g/mol. The molecule has 0 aliphatic carbocycles. The number of aromatic nitrogens is 1. The van der Waals surface area contributed by atoms with E-state index < -0.39 is 0 Å². The third-order valence-corrected chi connectivity index (χ3v) is 4.79. The highest BCUT2D eigenvalue weighted by Gasteiger charge is 2.34. The number of nitrogens with zero attached hydrogens (tertiary/aromatic N) is 2. The Hall–Kier alpha value is -3.47. The number of imide groups is 1. The Morgan fingerprint density at radius 2 is 1.58 bits per heavy atom. The van der Waals surface area contributed by atoms with Crippen LogP contribution < -0.4 is 0 Å². The molecule has 0 radical (unpaired) electrons. The minimum Gasteiger partial charge on any atom is -0.459 e. The lowest BCUT2D eigenvalue weighted by Crippen LogP contribution is -2.31. The zero-order chi connectivity index (χ0) is 17.7. The first-order valence-electron chi connectivity index (χ1n) is 8.44. The van der Waals surface area contributed by atoms with E-state index >= 15 is 0 Å². The molecule has 1 aliphatic heterocycles. The van der Waals surface area contributed by atoms with Gasteiger partial charge in [-0.05, 0) is 24.3 Å². The van der Waals surface area contributed by atoms with Gasteiger partial charge in [0, 0.05) is 23.7 Å². The van der Waals surface area contributed by atoms with Crippen LogP contribution in [0.4, 0.5) is 0 Å². The largest absolute Gasteiger partial charge is 0.459 e. The Bertz CT molecular complexity index is 1160. The van der Waals surface area contributed by atoms with E-state index in [1.807, 2.05) is 30.3 Å². The predicted octanol–water partition coefficient (Wildman–Crippen LogP) is 3.82. The summed E-state index contributed by atoms with van der Waals surface area (Å²) in [7, 11) is 0. The number of furan rings is 1. The summed E-state index contributed by atoms with van der Waals surface area (Å²) in [5.41, 5.74) is 2.56. The normalized spacial score (nSPS) is 13.8. The number of carbonyl (C=O) groups excluding carboxylic acids is 2. The van der Waals surface area contributed by atoms with Gasteiger partial charge in [-0.1, -0.05) is 30.3 Å². The van der Waals surface area contributed by atoms with Crippen molar-refractivity contribution in [2.75, 3.05) is 6.54 Å². The summed E-state index contributed by atoms with van der Waals surface area (Å²) in [6.07, 6.45) is 2.18. The van der Waals surface area contributed by atoms with Crippen molar-refractivity contribution in [2.45, 2.75) is 6.42 Å². The molecule has 2 amide bonds. The van der Waals surface area contributed by atoms with Gasteiger partial charge in [0.15, 0.2) is 5.58 Å². The second-order valence-corrected chi connectivity index (χ2v) is 6.32. The molecule has 0 fully saturated rings. The van der Waals surface area contributed by atoms with Gasteiger partial charge in [0.2, 0.25) is 0 Å². The van der Waals surface area contributed by atoms with Gasteiger partial charge < -0.3 is 4.42 Å². The molecule has 0 saturated carbocycles. The van der Waals surface area contributed by atoms with E-state index in [-0.39, 0.29) is 18.4 Å². The van der Waals surface area contributed by atoms with E-state index in [1.54, 1.807) is 30.5 Å². The summed E-state index contributed by atoms with van der Waals surface area (Å²) in [4.78, 5) is 30.6. The van der Waals surface area contributed by atoms with Crippen LogP contribution in [0.3, 0.4) is 0 Å². The number of para-hydroxylation sites is 1. The molecule has 2 aromatic heterocycles. The van der Waals surface area contributed by atoms with Crippen molar-refractivity contribution in [1.82, 2.24) is 9.88 Å². The Labute approximate surface area is 148 Å². The SMILES string of the molecule is O=C1c2ccccc2C(=O)N1CCc1cc2c(cnc3ccccc32)o1. The zero-order valence-corrected chi connectivity index (χ0v) is 13.8. The van der Waals surface area contributed by atoms with Crippen LogP contribution in [0.25, 0.3) is 21.9 Å². The van der Waals surface area contributed by atoms with E-state index in [2.05, 4.69) is 4.98 Å². The Kier molecular flexibility index (Phi) is 3.15. The van der Waals surface area contributed by atoms with E-state index in [4.69, 9.17) is 4.42 Å². The Morgan fingerprint density at radius 1 is 0.885 bits per heavy atom. The lowest BCUT2D eigenvalue weighted by Gasteiger charge is -2.12. The molecule has 3 heterocycles. The average Bonchev–Trinajstić information content (AvgIpc) is 3.20. The number of benzene rings is 2. The Balaban J connectivity index is 1.43.